The van der Waals surface area contributed by atoms with Crippen LogP contribution in [0.25, 0.3) is 16.2 Å². The molecule has 6 nitrogen and oxygen atoms in total. The topological polar surface area (TPSA) is 87.8 Å². The Hall–Kier alpha value is -2.72. The molecule has 1 saturated carbocycles. The second-order valence-corrected chi connectivity index (χ2v) is 6.82. The van der Waals surface area contributed by atoms with E-state index in [9.17, 15) is 14.3 Å². The molecular weight excluding hydrogens is 312 g/mol. The predicted molar refractivity (Wildman–Crippen MR) is 84.7 cm³/mol. The van der Waals surface area contributed by atoms with E-state index in [1.165, 1.54) is 10.8 Å². The first-order valence-corrected chi connectivity index (χ1v) is 8.28. The highest BCUT2D eigenvalue weighted by molar-refractivity contribution is 7.93. The fraction of sp³-hybridized carbons (Fsp3) is 0.188. The van der Waals surface area contributed by atoms with Crippen molar-refractivity contribution in [1.82, 2.24) is 14.5 Å². The van der Waals surface area contributed by atoms with Gasteiger partial charge in [-0.15, -0.1) is 0 Å². The standard InChI is InChI=1S/C16H12N4O2S/c17-10-16(5-6-16)13-3-1-11(2-4-13)12-8-18-20(9-12)15-7-14(21)19-23(15)22/h1-4,7-9H,5-6H2,(H,19,21). The molecule has 1 aromatic heterocycles. The summed E-state index contributed by atoms with van der Waals surface area (Å²) >= 11 is 0. The van der Waals surface area contributed by atoms with Gasteiger partial charge in [-0.25, -0.2) is 8.89 Å². The van der Waals surface area contributed by atoms with Crippen LogP contribution in [0, 0.1) is 11.3 Å². The summed E-state index contributed by atoms with van der Waals surface area (Å²) in [5.41, 5.74) is 2.57. The Balaban J connectivity index is 1.63. The minimum atomic E-state index is -1.57. The molecule has 0 spiro atoms. The molecule has 1 aromatic carbocycles. The average molecular weight is 324 g/mol. The lowest BCUT2D eigenvalue weighted by molar-refractivity contribution is -0.114. The van der Waals surface area contributed by atoms with E-state index in [4.69, 9.17) is 0 Å². The molecule has 1 fully saturated rings. The number of rotatable bonds is 3. The van der Waals surface area contributed by atoms with Gasteiger partial charge in [-0.3, -0.25) is 9.52 Å². The van der Waals surface area contributed by atoms with Gasteiger partial charge in [0.2, 0.25) is 0 Å². The van der Waals surface area contributed by atoms with Crippen molar-refractivity contribution in [1.29, 1.82) is 5.26 Å². The molecule has 2 aliphatic rings. The highest BCUT2D eigenvalue weighted by atomic mass is 32.2. The molecule has 1 unspecified atom stereocenters. The summed E-state index contributed by atoms with van der Waals surface area (Å²) in [5.74, 6) is -0.383. The van der Waals surface area contributed by atoms with Crippen LogP contribution < -0.4 is 4.72 Å². The van der Waals surface area contributed by atoms with Gasteiger partial charge in [0.05, 0.1) is 17.7 Å². The van der Waals surface area contributed by atoms with Crippen LogP contribution in [-0.4, -0.2) is 19.9 Å². The number of amides is 1. The Morgan fingerprint density at radius 1 is 1.26 bits per heavy atom. The number of benzene rings is 1. The molecule has 1 aliphatic heterocycles. The summed E-state index contributed by atoms with van der Waals surface area (Å²) in [6.45, 7) is 0. The third-order valence-corrected chi connectivity index (χ3v) is 5.25. The Bertz CT molecular complexity index is 901. The molecule has 0 saturated heterocycles. The van der Waals surface area contributed by atoms with E-state index in [2.05, 4.69) is 15.9 Å². The summed E-state index contributed by atoms with van der Waals surface area (Å²) in [6.07, 6.45) is 6.51. The first-order valence-electron chi connectivity index (χ1n) is 7.13. The third kappa shape index (κ3) is 2.28. The molecule has 2 aromatic rings. The molecule has 7 heteroatoms. The van der Waals surface area contributed by atoms with E-state index in [-0.39, 0.29) is 11.3 Å². The van der Waals surface area contributed by atoms with Crippen molar-refractivity contribution in [2.45, 2.75) is 18.3 Å². The summed E-state index contributed by atoms with van der Waals surface area (Å²) in [4.78, 5) is 11.2. The van der Waals surface area contributed by atoms with Gasteiger partial charge in [0.25, 0.3) is 5.91 Å². The summed E-state index contributed by atoms with van der Waals surface area (Å²) < 4.78 is 15.5. The number of nitrogens with zero attached hydrogens (tertiary/aromatic N) is 3. The Labute approximate surface area is 135 Å². The van der Waals surface area contributed by atoms with Gasteiger partial charge >= 0.3 is 0 Å². The fourth-order valence-electron chi connectivity index (χ4n) is 2.65. The number of nitrogens with one attached hydrogen (secondary N) is 1. The lowest BCUT2D eigenvalue weighted by Gasteiger charge is -2.06. The number of hydrogen-bond acceptors (Lipinski definition) is 4. The molecule has 23 heavy (non-hydrogen) atoms. The quantitative estimate of drug-likeness (QED) is 0.931. The van der Waals surface area contributed by atoms with Crippen molar-refractivity contribution in [3.05, 3.63) is 48.3 Å². The van der Waals surface area contributed by atoms with E-state index in [0.717, 1.165) is 29.5 Å². The summed E-state index contributed by atoms with van der Waals surface area (Å²) in [5, 5.41) is 13.7. The van der Waals surface area contributed by atoms with Crippen molar-refractivity contribution in [2.24, 2.45) is 0 Å². The van der Waals surface area contributed by atoms with E-state index in [1.807, 2.05) is 24.3 Å². The van der Waals surface area contributed by atoms with Crippen molar-refractivity contribution in [3.63, 3.8) is 0 Å². The van der Waals surface area contributed by atoms with Crippen molar-refractivity contribution >= 4 is 21.9 Å². The van der Waals surface area contributed by atoms with Gasteiger partial charge in [-0.2, -0.15) is 10.4 Å². The van der Waals surface area contributed by atoms with Crippen LogP contribution in [0.5, 0.6) is 0 Å². The lowest BCUT2D eigenvalue weighted by atomic mass is 9.96. The van der Waals surface area contributed by atoms with Crippen LogP contribution in [0.2, 0.25) is 0 Å². The molecule has 2 heterocycles. The van der Waals surface area contributed by atoms with E-state index < -0.39 is 11.0 Å². The molecule has 0 radical (unpaired) electrons. The van der Waals surface area contributed by atoms with Gasteiger partial charge in [-0.05, 0) is 24.0 Å². The first-order chi connectivity index (χ1) is 11.1. The zero-order valence-electron chi connectivity index (χ0n) is 12.0. The van der Waals surface area contributed by atoms with Crippen LogP contribution >= 0.6 is 0 Å². The molecule has 1 aliphatic carbocycles. The third-order valence-electron chi connectivity index (χ3n) is 4.18. The molecule has 114 valence electrons. The monoisotopic (exact) mass is 324 g/mol. The highest BCUT2D eigenvalue weighted by Crippen LogP contribution is 2.47. The smallest absolute Gasteiger partial charge is 0.258 e. The van der Waals surface area contributed by atoms with E-state index in [1.54, 1.807) is 12.4 Å². The Morgan fingerprint density at radius 3 is 2.57 bits per heavy atom. The minimum Gasteiger partial charge on any atom is -0.269 e. The molecule has 1 atom stereocenters. The van der Waals surface area contributed by atoms with Gasteiger partial charge in [-0.1, -0.05) is 24.3 Å². The SMILES string of the molecule is N#CC1(c2ccc(-c3cnn(C4=CC(=O)NS4=O)c3)cc2)CC1. The number of nitriles is 1. The fourth-order valence-corrected chi connectivity index (χ4v) is 3.48. The molecule has 4 rings (SSSR count). The number of carbonyl (C=O) groups is 1. The Morgan fingerprint density at radius 2 is 2.00 bits per heavy atom. The molecule has 1 N–H and O–H groups in total. The van der Waals surface area contributed by atoms with E-state index >= 15 is 0 Å². The second kappa shape index (κ2) is 4.89. The predicted octanol–water partition coefficient (Wildman–Crippen LogP) is 1.70. The minimum absolute atomic E-state index is 0.291. The van der Waals surface area contributed by atoms with Gasteiger partial charge in [0.1, 0.15) is 0 Å². The lowest BCUT2D eigenvalue weighted by Crippen LogP contribution is -2.17. The first kappa shape index (κ1) is 13.9. The molecule has 0 bridgehead atoms. The largest absolute Gasteiger partial charge is 0.269 e. The van der Waals surface area contributed by atoms with Gasteiger partial charge in [0, 0.05) is 17.8 Å². The number of carbonyl (C=O) groups excluding carboxylic acids is 1. The Kier molecular flexibility index (Phi) is 2.96. The van der Waals surface area contributed by atoms with E-state index in [0.29, 0.717) is 5.03 Å². The van der Waals surface area contributed by atoms with Crippen LogP contribution in [0.3, 0.4) is 0 Å². The van der Waals surface area contributed by atoms with Crippen molar-refractivity contribution in [2.75, 3.05) is 0 Å². The summed E-state index contributed by atoms with van der Waals surface area (Å²) in [6, 6.07) is 10.2. The molecule has 1 amide bonds. The normalized spacial score (nSPS) is 21.4. The maximum absolute atomic E-state index is 11.7. The zero-order valence-corrected chi connectivity index (χ0v) is 12.8. The van der Waals surface area contributed by atoms with Crippen LogP contribution in [0.15, 0.2) is 42.7 Å². The molecular formula is C16H12N4O2S. The number of aromatic nitrogens is 2. The maximum Gasteiger partial charge on any atom is 0.258 e. The van der Waals surface area contributed by atoms with Gasteiger partial charge in [0.15, 0.2) is 16.0 Å². The van der Waals surface area contributed by atoms with Crippen LogP contribution in [0.1, 0.15) is 18.4 Å². The van der Waals surface area contributed by atoms with Crippen LogP contribution in [0.4, 0.5) is 0 Å². The van der Waals surface area contributed by atoms with Crippen molar-refractivity contribution < 1.29 is 9.00 Å². The average Bonchev–Trinajstić information content (AvgIpc) is 3.08. The van der Waals surface area contributed by atoms with Gasteiger partial charge < -0.3 is 0 Å². The maximum atomic E-state index is 11.7. The second-order valence-electron chi connectivity index (χ2n) is 5.66. The highest BCUT2D eigenvalue weighted by Gasteiger charge is 2.44. The summed E-state index contributed by atoms with van der Waals surface area (Å²) in [7, 11) is -1.57. The van der Waals surface area contributed by atoms with Crippen LogP contribution in [-0.2, 0) is 21.2 Å². The number of hydrogen-bond donors (Lipinski definition) is 1. The van der Waals surface area contributed by atoms with Crippen molar-refractivity contribution in [3.8, 4) is 17.2 Å². The zero-order chi connectivity index (χ0) is 16.0.